The van der Waals surface area contributed by atoms with Crippen LogP contribution in [0.25, 0.3) is 11.1 Å². The monoisotopic (exact) mass is 495 g/mol. The van der Waals surface area contributed by atoms with Crippen LogP contribution < -0.4 is 0 Å². The quantitative estimate of drug-likeness (QED) is 0.320. The Morgan fingerprint density at radius 1 is 0.914 bits per heavy atom. The van der Waals surface area contributed by atoms with Gasteiger partial charge in [-0.3, -0.25) is 4.39 Å². The number of halogens is 4. The second-order valence-electron chi connectivity index (χ2n) is 9.55. The lowest BCUT2D eigenvalue weighted by atomic mass is 9.86. The normalized spacial score (nSPS) is 17.6. The maximum atomic E-state index is 15.2. The molecule has 0 saturated carbocycles. The van der Waals surface area contributed by atoms with Gasteiger partial charge in [-0.2, -0.15) is 0 Å². The maximum absolute atomic E-state index is 15.2. The summed E-state index contributed by atoms with van der Waals surface area (Å²) in [5.41, 5.74) is 6.78. The maximum Gasteiger partial charge on any atom is 0.142 e. The van der Waals surface area contributed by atoms with E-state index in [2.05, 4.69) is 17.0 Å². The Kier molecular flexibility index (Phi) is 7.31. The van der Waals surface area contributed by atoms with Crippen LogP contribution in [0.1, 0.15) is 53.3 Å². The molecule has 3 aromatic carbocycles. The summed E-state index contributed by atoms with van der Waals surface area (Å²) in [6, 6.07) is 21.0. The highest BCUT2D eigenvalue weighted by Gasteiger charge is 2.34. The first-order valence-corrected chi connectivity index (χ1v) is 12.7. The Morgan fingerprint density at radius 3 is 2.43 bits per heavy atom. The van der Waals surface area contributed by atoms with Crippen LogP contribution in [-0.2, 0) is 6.42 Å². The average Bonchev–Trinajstić information content (AvgIpc) is 3.04. The van der Waals surface area contributed by atoms with E-state index >= 15 is 4.39 Å². The lowest BCUT2D eigenvalue weighted by Crippen LogP contribution is -2.48. The van der Waals surface area contributed by atoms with Gasteiger partial charge < -0.3 is 4.90 Å². The van der Waals surface area contributed by atoms with Crippen molar-refractivity contribution in [2.75, 3.05) is 26.3 Å². The molecule has 182 valence electrons. The van der Waals surface area contributed by atoms with Gasteiger partial charge >= 0.3 is 0 Å². The number of benzene rings is 3. The van der Waals surface area contributed by atoms with Gasteiger partial charge in [0.05, 0.1) is 11.7 Å². The second-order valence-corrected chi connectivity index (χ2v) is 9.93. The van der Waals surface area contributed by atoms with Gasteiger partial charge in [-0.25, -0.2) is 8.78 Å². The molecule has 0 radical (unpaired) electrons. The van der Waals surface area contributed by atoms with Gasteiger partial charge in [0, 0.05) is 25.6 Å². The van der Waals surface area contributed by atoms with Crippen LogP contribution in [-0.4, -0.2) is 31.2 Å². The van der Waals surface area contributed by atoms with E-state index in [0.717, 1.165) is 41.5 Å². The number of hydrogen-bond donors (Lipinski definition) is 0. The minimum atomic E-state index is -1.04. The second kappa shape index (κ2) is 10.6. The van der Waals surface area contributed by atoms with Crippen molar-refractivity contribution in [2.24, 2.45) is 5.92 Å². The molecule has 0 aromatic heterocycles. The first-order valence-electron chi connectivity index (χ1n) is 12.4. The molecule has 1 heterocycles. The van der Waals surface area contributed by atoms with Crippen molar-refractivity contribution in [1.29, 1.82) is 0 Å². The molecule has 1 aliphatic carbocycles. The predicted molar refractivity (Wildman–Crippen MR) is 138 cm³/mol. The first kappa shape index (κ1) is 24.1. The zero-order valence-corrected chi connectivity index (χ0v) is 20.4. The van der Waals surface area contributed by atoms with E-state index in [1.807, 2.05) is 42.5 Å². The highest BCUT2D eigenvalue weighted by atomic mass is 35.5. The summed E-state index contributed by atoms with van der Waals surface area (Å²) in [4.78, 5) is 2.10. The van der Waals surface area contributed by atoms with Crippen LogP contribution in [0.4, 0.5) is 13.2 Å². The lowest BCUT2D eigenvalue weighted by Gasteiger charge is -2.41. The summed E-state index contributed by atoms with van der Waals surface area (Å²) < 4.78 is 42.0. The van der Waals surface area contributed by atoms with Crippen molar-refractivity contribution >= 4 is 22.7 Å². The summed E-state index contributed by atoms with van der Waals surface area (Å²) in [7, 11) is 0. The van der Waals surface area contributed by atoms with Crippen molar-refractivity contribution in [2.45, 2.75) is 31.9 Å². The van der Waals surface area contributed by atoms with Crippen molar-refractivity contribution in [3.8, 4) is 0 Å². The van der Waals surface area contributed by atoms with Crippen molar-refractivity contribution in [3.63, 3.8) is 0 Å². The predicted octanol–water partition coefficient (Wildman–Crippen LogP) is 8.08. The standard InChI is InChI=1S/C30H29ClF3N/c31-29-26(10-4-11-27(29)33)25-9-3-7-20-6-1-2-8-24(20)28(25)21-12-14-22(15-13-21)30(34)23-18-35(19-23)17-5-16-32/h1-2,4,6,8,10-15,23,30H,3,5,7,9,16-19H2. The number of allylic oxidation sites excluding steroid dienone is 1. The fraction of sp³-hybridized carbons (Fsp3) is 0.333. The summed E-state index contributed by atoms with van der Waals surface area (Å²) >= 11 is 6.44. The molecule has 1 saturated heterocycles. The Labute approximate surface area is 210 Å². The number of hydrogen-bond acceptors (Lipinski definition) is 1. The molecule has 35 heavy (non-hydrogen) atoms. The van der Waals surface area contributed by atoms with Gasteiger partial charge in [0.25, 0.3) is 0 Å². The smallest absolute Gasteiger partial charge is 0.142 e. The third-order valence-electron chi connectivity index (χ3n) is 7.26. The van der Waals surface area contributed by atoms with Gasteiger partial charge in [0.1, 0.15) is 12.0 Å². The van der Waals surface area contributed by atoms with E-state index < -0.39 is 12.0 Å². The van der Waals surface area contributed by atoms with Crippen LogP contribution in [0.5, 0.6) is 0 Å². The summed E-state index contributed by atoms with van der Waals surface area (Å²) in [5, 5.41) is 0.141. The Bertz CT molecular complexity index is 1210. The highest BCUT2D eigenvalue weighted by Crippen LogP contribution is 2.42. The number of rotatable bonds is 7. The van der Waals surface area contributed by atoms with E-state index in [4.69, 9.17) is 11.6 Å². The number of likely N-dealkylation sites (tertiary alicyclic amines) is 1. The molecule has 1 atom stereocenters. The largest absolute Gasteiger partial charge is 0.302 e. The van der Waals surface area contributed by atoms with Crippen LogP contribution in [0.15, 0.2) is 66.7 Å². The van der Waals surface area contributed by atoms with Crippen molar-refractivity contribution < 1.29 is 13.2 Å². The number of nitrogens with zero attached hydrogens (tertiary/aromatic N) is 1. The molecule has 2 aliphatic rings. The zero-order valence-electron chi connectivity index (χ0n) is 19.6. The summed E-state index contributed by atoms with van der Waals surface area (Å²) in [5.74, 6) is -0.481. The van der Waals surface area contributed by atoms with Gasteiger partial charge in [0.2, 0.25) is 0 Å². The van der Waals surface area contributed by atoms with Crippen molar-refractivity contribution in [3.05, 3.63) is 105 Å². The Hall–Kier alpha value is -2.56. The van der Waals surface area contributed by atoms with E-state index in [1.54, 1.807) is 6.07 Å². The van der Waals surface area contributed by atoms with E-state index in [9.17, 15) is 8.78 Å². The van der Waals surface area contributed by atoms with E-state index in [1.165, 1.54) is 11.6 Å². The van der Waals surface area contributed by atoms with Crippen LogP contribution in [0.2, 0.25) is 5.02 Å². The lowest BCUT2D eigenvalue weighted by molar-refractivity contribution is 0.0364. The van der Waals surface area contributed by atoms with Crippen molar-refractivity contribution in [1.82, 2.24) is 4.90 Å². The summed E-state index contributed by atoms with van der Waals surface area (Å²) in [6.07, 6.45) is 2.11. The molecule has 0 spiro atoms. The minimum absolute atomic E-state index is 0.0556. The molecular formula is C30H29ClF3N. The van der Waals surface area contributed by atoms with Gasteiger partial charge in [0.15, 0.2) is 0 Å². The molecule has 5 heteroatoms. The SMILES string of the molecule is FCCCN1CC(C(F)c2ccc(C3=C(c4cccc(F)c4Cl)CCCc4ccccc43)cc2)C1. The molecule has 1 aliphatic heterocycles. The Balaban J connectivity index is 1.50. The molecule has 3 aromatic rings. The van der Waals surface area contributed by atoms with Gasteiger partial charge in [-0.1, -0.05) is 72.3 Å². The first-order chi connectivity index (χ1) is 17.1. The minimum Gasteiger partial charge on any atom is -0.302 e. The van der Waals surface area contributed by atoms with Gasteiger partial charge in [-0.05, 0) is 70.7 Å². The number of aryl methyl sites for hydroxylation is 1. The van der Waals surface area contributed by atoms with E-state index in [-0.39, 0.29) is 17.6 Å². The van der Waals surface area contributed by atoms with Crippen LogP contribution in [0, 0.1) is 11.7 Å². The van der Waals surface area contributed by atoms with Crippen LogP contribution >= 0.6 is 11.6 Å². The third-order valence-corrected chi connectivity index (χ3v) is 7.65. The molecular weight excluding hydrogens is 467 g/mol. The topological polar surface area (TPSA) is 3.24 Å². The fourth-order valence-electron chi connectivity index (χ4n) is 5.43. The van der Waals surface area contributed by atoms with E-state index in [0.29, 0.717) is 37.2 Å². The van der Waals surface area contributed by atoms with Gasteiger partial charge in [-0.15, -0.1) is 0 Å². The molecule has 5 rings (SSSR count). The molecule has 1 fully saturated rings. The molecule has 0 amide bonds. The molecule has 1 nitrogen and oxygen atoms in total. The third kappa shape index (κ3) is 4.92. The fourth-order valence-corrected chi connectivity index (χ4v) is 5.67. The molecule has 1 unspecified atom stereocenters. The highest BCUT2D eigenvalue weighted by molar-refractivity contribution is 6.33. The number of alkyl halides is 2. The summed E-state index contributed by atoms with van der Waals surface area (Å²) in [6.45, 7) is 1.70. The zero-order chi connectivity index (χ0) is 24.4. The molecule has 0 bridgehead atoms. The average molecular weight is 496 g/mol. The molecule has 0 N–H and O–H groups in total. The number of fused-ring (bicyclic) bond motifs is 1. The van der Waals surface area contributed by atoms with Crippen LogP contribution in [0.3, 0.4) is 0 Å². The Morgan fingerprint density at radius 2 is 1.66 bits per heavy atom.